The summed E-state index contributed by atoms with van der Waals surface area (Å²) in [7, 11) is 0. The van der Waals surface area contributed by atoms with E-state index in [1.54, 1.807) is 0 Å². The normalized spacial score (nSPS) is 14.1. The summed E-state index contributed by atoms with van der Waals surface area (Å²) in [5.41, 5.74) is 1.13. The van der Waals surface area contributed by atoms with Crippen molar-refractivity contribution in [3.05, 3.63) is 47.5 Å². The van der Waals surface area contributed by atoms with E-state index in [2.05, 4.69) is 0 Å². The average molecular weight is 254 g/mol. The molecule has 0 aliphatic carbocycles. The quantitative estimate of drug-likeness (QED) is 0.807. The zero-order chi connectivity index (χ0) is 13.5. The van der Waals surface area contributed by atoms with Crippen molar-refractivity contribution in [3.8, 4) is 0 Å². The lowest BCUT2D eigenvalue weighted by Gasteiger charge is -2.21. The molecule has 0 aliphatic rings. The predicted molar refractivity (Wildman–Crippen MR) is 69.5 cm³/mol. The third-order valence-electron chi connectivity index (χ3n) is 3.33. The van der Waals surface area contributed by atoms with Crippen LogP contribution in [-0.4, -0.2) is 11.2 Å². The minimum Gasteiger partial charge on any atom is -0.392 e. The number of benzene rings is 1. The van der Waals surface area contributed by atoms with E-state index in [-0.39, 0.29) is 5.57 Å². The van der Waals surface area contributed by atoms with E-state index >= 15 is 0 Å². The number of rotatable bonds is 6. The van der Waals surface area contributed by atoms with Gasteiger partial charge in [-0.15, -0.1) is 0 Å². The van der Waals surface area contributed by atoms with Gasteiger partial charge in [0.2, 0.25) is 0 Å². The molecule has 0 bridgehead atoms. The maximum atomic E-state index is 12.6. The maximum absolute atomic E-state index is 12.6. The van der Waals surface area contributed by atoms with Crippen LogP contribution in [0.2, 0.25) is 0 Å². The topological polar surface area (TPSA) is 20.2 Å². The first kappa shape index (κ1) is 14.8. The number of hydrogen-bond donors (Lipinski definition) is 1. The zero-order valence-corrected chi connectivity index (χ0v) is 10.9. The Morgan fingerprint density at radius 2 is 1.83 bits per heavy atom. The molecule has 0 aliphatic heterocycles. The smallest absolute Gasteiger partial charge is 0.269 e. The molecule has 0 amide bonds. The first-order chi connectivity index (χ1) is 8.56. The maximum Gasteiger partial charge on any atom is 0.269 e. The molecule has 3 heteroatoms. The summed E-state index contributed by atoms with van der Waals surface area (Å²) >= 11 is 0. The molecule has 0 saturated heterocycles. The van der Waals surface area contributed by atoms with Gasteiger partial charge in [-0.25, -0.2) is 0 Å². The highest BCUT2D eigenvalue weighted by Gasteiger charge is 2.21. The van der Waals surface area contributed by atoms with E-state index in [1.165, 1.54) is 6.92 Å². The molecule has 0 fully saturated rings. The van der Waals surface area contributed by atoms with Gasteiger partial charge in [0.05, 0.1) is 6.10 Å². The molecule has 0 unspecified atom stereocenters. The Bertz CT molecular complexity index is 383. The second kappa shape index (κ2) is 7.27. The number of aliphatic hydroxyl groups excluding tert-OH is 1. The number of halogens is 2. The van der Waals surface area contributed by atoms with Crippen molar-refractivity contribution >= 4 is 0 Å². The van der Waals surface area contributed by atoms with Gasteiger partial charge >= 0.3 is 0 Å². The molecule has 0 radical (unpaired) electrons. The van der Waals surface area contributed by atoms with E-state index in [0.29, 0.717) is 19.3 Å². The molecular weight excluding hydrogens is 234 g/mol. The predicted octanol–water partition coefficient (Wildman–Crippen LogP) is 4.18. The van der Waals surface area contributed by atoms with Crippen LogP contribution in [0.25, 0.3) is 0 Å². The van der Waals surface area contributed by atoms with Crippen LogP contribution in [0, 0.1) is 5.92 Å². The van der Waals surface area contributed by atoms with Crippen LogP contribution in [-0.2, 0) is 6.42 Å². The van der Waals surface area contributed by atoms with Crippen LogP contribution in [0.4, 0.5) is 8.78 Å². The molecule has 0 saturated carbocycles. The summed E-state index contributed by atoms with van der Waals surface area (Å²) in [5.74, 6) is -0.446. The van der Waals surface area contributed by atoms with Gasteiger partial charge in [-0.3, -0.25) is 0 Å². The van der Waals surface area contributed by atoms with Gasteiger partial charge in [0.1, 0.15) is 0 Å². The standard InChI is InChI=1S/C15H20F2O/c1-3-13(11(2)15(16)17)14(18)10-9-12-7-5-4-6-8-12/h4-8,13-14,18H,3,9-10H2,1-2H3/t13-,14+/m1/s1. The third-order valence-corrected chi connectivity index (χ3v) is 3.33. The fourth-order valence-electron chi connectivity index (χ4n) is 2.17. The van der Waals surface area contributed by atoms with Crippen LogP contribution >= 0.6 is 0 Å². The fraction of sp³-hybridized carbons (Fsp3) is 0.467. The zero-order valence-electron chi connectivity index (χ0n) is 10.9. The molecule has 0 aromatic heterocycles. The monoisotopic (exact) mass is 254 g/mol. The molecule has 0 heterocycles. The molecule has 1 nitrogen and oxygen atoms in total. The molecule has 1 N–H and O–H groups in total. The molecule has 1 aromatic carbocycles. The van der Waals surface area contributed by atoms with E-state index < -0.39 is 18.1 Å². The van der Waals surface area contributed by atoms with Gasteiger partial charge in [-0.1, -0.05) is 37.3 Å². The van der Waals surface area contributed by atoms with Gasteiger partial charge in [-0.05, 0) is 37.3 Å². The lowest BCUT2D eigenvalue weighted by atomic mass is 9.89. The van der Waals surface area contributed by atoms with Crippen molar-refractivity contribution in [1.82, 2.24) is 0 Å². The molecule has 18 heavy (non-hydrogen) atoms. The van der Waals surface area contributed by atoms with Crippen molar-refractivity contribution in [2.75, 3.05) is 0 Å². The van der Waals surface area contributed by atoms with Crippen LogP contribution in [0.5, 0.6) is 0 Å². The van der Waals surface area contributed by atoms with Gasteiger partial charge in [-0.2, -0.15) is 8.78 Å². The molecule has 1 aromatic rings. The molecule has 2 atom stereocenters. The van der Waals surface area contributed by atoms with Crippen molar-refractivity contribution < 1.29 is 13.9 Å². The number of aryl methyl sites for hydroxylation is 1. The van der Waals surface area contributed by atoms with Gasteiger partial charge in [0.15, 0.2) is 0 Å². The van der Waals surface area contributed by atoms with E-state index in [9.17, 15) is 13.9 Å². The Labute approximate surface area is 107 Å². The highest BCUT2D eigenvalue weighted by atomic mass is 19.3. The van der Waals surface area contributed by atoms with Crippen molar-refractivity contribution in [3.63, 3.8) is 0 Å². The molecule has 1 rings (SSSR count). The van der Waals surface area contributed by atoms with E-state index in [0.717, 1.165) is 5.56 Å². The Hall–Kier alpha value is -1.22. The van der Waals surface area contributed by atoms with Gasteiger partial charge in [0, 0.05) is 5.92 Å². The molecule has 0 spiro atoms. The first-order valence-electron chi connectivity index (χ1n) is 6.30. The summed E-state index contributed by atoms with van der Waals surface area (Å²) in [5, 5.41) is 10.0. The second-order valence-electron chi connectivity index (χ2n) is 4.55. The van der Waals surface area contributed by atoms with Crippen molar-refractivity contribution in [2.45, 2.75) is 39.2 Å². The van der Waals surface area contributed by atoms with Crippen LogP contribution < -0.4 is 0 Å². The Morgan fingerprint density at radius 1 is 1.22 bits per heavy atom. The van der Waals surface area contributed by atoms with Crippen molar-refractivity contribution in [2.24, 2.45) is 5.92 Å². The van der Waals surface area contributed by atoms with Crippen LogP contribution in [0.1, 0.15) is 32.3 Å². The Morgan fingerprint density at radius 3 is 2.33 bits per heavy atom. The fourth-order valence-corrected chi connectivity index (χ4v) is 2.17. The van der Waals surface area contributed by atoms with Gasteiger partial charge in [0.25, 0.3) is 6.08 Å². The Kier molecular flexibility index (Phi) is 5.99. The van der Waals surface area contributed by atoms with Crippen molar-refractivity contribution in [1.29, 1.82) is 0 Å². The highest BCUT2D eigenvalue weighted by Crippen LogP contribution is 2.26. The lowest BCUT2D eigenvalue weighted by Crippen LogP contribution is -2.22. The van der Waals surface area contributed by atoms with Gasteiger partial charge < -0.3 is 5.11 Å². The molecular formula is C15H20F2O. The minimum absolute atomic E-state index is 0.0121. The highest BCUT2D eigenvalue weighted by molar-refractivity contribution is 5.15. The summed E-state index contributed by atoms with van der Waals surface area (Å²) in [6.45, 7) is 3.22. The first-order valence-corrected chi connectivity index (χ1v) is 6.30. The van der Waals surface area contributed by atoms with E-state index in [1.807, 2.05) is 37.3 Å². The lowest BCUT2D eigenvalue weighted by molar-refractivity contribution is 0.110. The van der Waals surface area contributed by atoms with E-state index in [4.69, 9.17) is 0 Å². The SMILES string of the molecule is CC[C@H](C(C)=C(F)F)[C@@H](O)CCc1ccccc1. The molecule has 100 valence electrons. The van der Waals surface area contributed by atoms with Crippen LogP contribution in [0.3, 0.4) is 0 Å². The third kappa shape index (κ3) is 4.22. The summed E-state index contributed by atoms with van der Waals surface area (Å²) in [6.07, 6.45) is -0.635. The second-order valence-corrected chi connectivity index (χ2v) is 4.55. The minimum atomic E-state index is -1.67. The largest absolute Gasteiger partial charge is 0.392 e. The summed E-state index contributed by atoms with van der Waals surface area (Å²) < 4.78 is 25.1. The average Bonchev–Trinajstić information content (AvgIpc) is 2.38. The van der Waals surface area contributed by atoms with Crippen LogP contribution in [0.15, 0.2) is 42.0 Å². The number of hydrogen-bond acceptors (Lipinski definition) is 1. The number of aliphatic hydroxyl groups is 1. The Balaban J connectivity index is 2.59. The summed E-state index contributed by atoms with van der Waals surface area (Å²) in [6, 6.07) is 9.76. The summed E-state index contributed by atoms with van der Waals surface area (Å²) in [4.78, 5) is 0.